The number of nitrogens with zero attached hydrogens (tertiary/aromatic N) is 2. The largest absolute Gasteiger partial charge is 0.337 e. The van der Waals surface area contributed by atoms with Gasteiger partial charge in [0.1, 0.15) is 0 Å². The summed E-state index contributed by atoms with van der Waals surface area (Å²) in [6, 6.07) is 10.6. The van der Waals surface area contributed by atoms with Gasteiger partial charge in [-0.25, -0.2) is 4.98 Å². The first-order valence-electron chi connectivity index (χ1n) is 5.52. The lowest BCUT2D eigenvalue weighted by atomic mass is 10.2. The fourth-order valence-corrected chi connectivity index (χ4v) is 2.44. The molecule has 0 aliphatic rings. The van der Waals surface area contributed by atoms with Crippen molar-refractivity contribution in [3.05, 3.63) is 54.6 Å². The normalized spacial score (nSPS) is 10.5. The summed E-state index contributed by atoms with van der Waals surface area (Å²) in [7, 11) is 0. The molecule has 0 N–H and O–H groups in total. The number of aryl methyl sites for hydroxylation is 1. The highest BCUT2D eigenvalue weighted by atomic mass is 32.2. The highest BCUT2D eigenvalue weighted by Gasteiger charge is 1.93. The van der Waals surface area contributed by atoms with E-state index in [1.807, 2.05) is 30.5 Å². The minimum atomic E-state index is 1.07. The molecule has 1 heterocycles. The molecule has 1 aromatic heterocycles. The minimum Gasteiger partial charge on any atom is -0.337 e. The van der Waals surface area contributed by atoms with Crippen LogP contribution in [-0.4, -0.2) is 15.3 Å². The van der Waals surface area contributed by atoms with Crippen molar-refractivity contribution in [3.63, 3.8) is 0 Å². The molecule has 84 valence electrons. The molecule has 0 unspecified atom stereocenters. The third kappa shape index (κ3) is 3.74. The van der Waals surface area contributed by atoms with Crippen molar-refractivity contribution >= 4 is 11.8 Å². The Morgan fingerprint density at radius 3 is 2.81 bits per heavy atom. The predicted octanol–water partition coefficient (Wildman–Crippen LogP) is 3.21. The Labute approximate surface area is 101 Å². The van der Waals surface area contributed by atoms with Crippen LogP contribution >= 0.6 is 11.8 Å². The van der Waals surface area contributed by atoms with Gasteiger partial charge in [-0.05, 0) is 17.7 Å². The minimum absolute atomic E-state index is 1.07. The first-order chi connectivity index (χ1) is 7.95. The first kappa shape index (κ1) is 11.3. The maximum absolute atomic E-state index is 4.02. The molecule has 0 radical (unpaired) electrons. The maximum Gasteiger partial charge on any atom is 0.0945 e. The summed E-state index contributed by atoms with van der Waals surface area (Å²) < 4.78 is 2.13. The third-order valence-electron chi connectivity index (χ3n) is 2.38. The zero-order valence-electron chi connectivity index (χ0n) is 9.25. The molecule has 2 nitrogen and oxygen atoms in total. The van der Waals surface area contributed by atoms with Gasteiger partial charge in [-0.2, -0.15) is 11.8 Å². The summed E-state index contributed by atoms with van der Waals surface area (Å²) >= 11 is 1.99. The topological polar surface area (TPSA) is 17.8 Å². The number of hydrogen-bond donors (Lipinski definition) is 0. The molecule has 0 saturated heterocycles. The smallest absolute Gasteiger partial charge is 0.0945 e. The van der Waals surface area contributed by atoms with Gasteiger partial charge in [-0.1, -0.05) is 30.3 Å². The summed E-state index contributed by atoms with van der Waals surface area (Å²) in [5.41, 5.74) is 1.41. The molecule has 2 aromatic rings. The molecule has 1 aromatic carbocycles. The Hall–Kier alpha value is -1.22. The van der Waals surface area contributed by atoms with Crippen LogP contribution in [0.5, 0.6) is 0 Å². The molecule has 3 heteroatoms. The Bertz CT molecular complexity index is 384. The zero-order chi connectivity index (χ0) is 11.1. The number of benzene rings is 1. The summed E-state index contributed by atoms with van der Waals surface area (Å²) in [5, 5.41) is 0. The van der Waals surface area contributed by atoms with Crippen LogP contribution in [0.4, 0.5) is 0 Å². The molecule has 0 spiro atoms. The molecule has 0 aliphatic heterocycles. The number of imidazole rings is 1. The van der Waals surface area contributed by atoms with Crippen LogP contribution in [0.15, 0.2) is 49.1 Å². The van der Waals surface area contributed by atoms with Crippen molar-refractivity contribution in [1.29, 1.82) is 0 Å². The average Bonchev–Trinajstić information content (AvgIpc) is 2.83. The van der Waals surface area contributed by atoms with E-state index in [1.165, 1.54) is 17.7 Å². The van der Waals surface area contributed by atoms with Gasteiger partial charge >= 0.3 is 0 Å². The van der Waals surface area contributed by atoms with Crippen LogP contribution in [0.25, 0.3) is 0 Å². The molecule has 2 rings (SSSR count). The zero-order valence-corrected chi connectivity index (χ0v) is 10.1. The molecule has 0 aliphatic carbocycles. The summed E-state index contributed by atoms with van der Waals surface area (Å²) in [6.07, 6.45) is 6.93. The molecule has 0 bridgehead atoms. The lowest BCUT2D eigenvalue weighted by Crippen LogP contribution is -1.95. The second-order valence-corrected chi connectivity index (χ2v) is 4.80. The van der Waals surface area contributed by atoms with Gasteiger partial charge in [0.25, 0.3) is 0 Å². The highest BCUT2D eigenvalue weighted by molar-refractivity contribution is 7.98. The lowest BCUT2D eigenvalue weighted by molar-refractivity contribution is 0.683. The number of thioether (sulfide) groups is 1. The Morgan fingerprint density at radius 1 is 1.19 bits per heavy atom. The molecular formula is C13H16N2S. The average molecular weight is 232 g/mol. The van der Waals surface area contributed by atoms with Crippen molar-refractivity contribution in [2.45, 2.75) is 18.7 Å². The van der Waals surface area contributed by atoms with Gasteiger partial charge < -0.3 is 4.57 Å². The highest BCUT2D eigenvalue weighted by Crippen LogP contribution is 2.12. The molecule has 0 amide bonds. The van der Waals surface area contributed by atoms with Crippen LogP contribution in [0.2, 0.25) is 0 Å². The summed E-state index contributed by atoms with van der Waals surface area (Å²) in [6.45, 7) is 1.07. The number of aromatic nitrogens is 2. The van der Waals surface area contributed by atoms with Crippen molar-refractivity contribution in [3.8, 4) is 0 Å². The van der Waals surface area contributed by atoms with E-state index in [-0.39, 0.29) is 0 Å². The van der Waals surface area contributed by atoms with Gasteiger partial charge in [-0.3, -0.25) is 0 Å². The Kier molecular flexibility index (Phi) is 4.50. The van der Waals surface area contributed by atoms with E-state index >= 15 is 0 Å². The number of rotatable bonds is 6. The SMILES string of the molecule is c1ccc(CSCCCn2ccnc2)cc1. The predicted molar refractivity (Wildman–Crippen MR) is 69.4 cm³/mol. The first-order valence-corrected chi connectivity index (χ1v) is 6.68. The molecule has 0 fully saturated rings. The van der Waals surface area contributed by atoms with E-state index in [9.17, 15) is 0 Å². The van der Waals surface area contributed by atoms with E-state index < -0.39 is 0 Å². The van der Waals surface area contributed by atoms with Crippen molar-refractivity contribution in [2.75, 3.05) is 5.75 Å². The summed E-state index contributed by atoms with van der Waals surface area (Å²) in [4.78, 5) is 4.02. The van der Waals surface area contributed by atoms with Crippen LogP contribution in [0.3, 0.4) is 0 Å². The molecular weight excluding hydrogens is 216 g/mol. The quantitative estimate of drug-likeness (QED) is 0.712. The standard InChI is InChI=1S/C13H16N2S/c1-2-5-13(6-3-1)11-16-10-4-8-15-9-7-14-12-15/h1-3,5-7,9,12H,4,8,10-11H2. The van der Waals surface area contributed by atoms with E-state index in [0.29, 0.717) is 0 Å². The summed E-state index contributed by atoms with van der Waals surface area (Å²) in [5.74, 6) is 2.32. The molecule has 16 heavy (non-hydrogen) atoms. The van der Waals surface area contributed by atoms with Gasteiger partial charge in [0, 0.05) is 24.7 Å². The van der Waals surface area contributed by atoms with E-state index in [1.54, 1.807) is 0 Å². The fourth-order valence-electron chi connectivity index (χ4n) is 1.53. The maximum atomic E-state index is 4.02. The van der Waals surface area contributed by atoms with E-state index in [0.717, 1.165) is 12.3 Å². The third-order valence-corrected chi connectivity index (χ3v) is 3.49. The second kappa shape index (κ2) is 6.38. The van der Waals surface area contributed by atoms with Crippen molar-refractivity contribution in [2.24, 2.45) is 0 Å². The van der Waals surface area contributed by atoms with Crippen molar-refractivity contribution in [1.82, 2.24) is 9.55 Å². The van der Waals surface area contributed by atoms with Gasteiger partial charge in [0.05, 0.1) is 6.33 Å². The lowest BCUT2D eigenvalue weighted by Gasteiger charge is -2.03. The van der Waals surface area contributed by atoms with E-state index in [2.05, 4.69) is 39.9 Å². The van der Waals surface area contributed by atoms with Crippen LogP contribution in [0.1, 0.15) is 12.0 Å². The van der Waals surface area contributed by atoms with Gasteiger partial charge in [-0.15, -0.1) is 0 Å². The van der Waals surface area contributed by atoms with Crippen LogP contribution in [-0.2, 0) is 12.3 Å². The van der Waals surface area contributed by atoms with Gasteiger partial charge in [0.15, 0.2) is 0 Å². The Morgan fingerprint density at radius 2 is 2.06 bits per heavy atom. The Balaban J connectivity index is 1.59. The second-order valence-electron chi connectivity index (χ2n) is 3.69. The fraction of sp³-hybridized carbons (Fsp3) is 0.308. The van der Waals surface area contributed by atoms with E-state index in [4.69, 9.17) is 0 Å². The van der Waals surface area contributed by atoms with Gasteiger partial charge in [0.2, 0.25) is 0 Å². The molecule has 0 atom stereocenters. The monoisotopic (exact) mass is 232 g/mol. The molecule has 0 saturated carbocycles. The van der Waals surface area contributed by atoms with Crippen molar-refractivity contribution < 1.29 is 0 Å². The van der Waals surface area contributed by atoms with Crippen LogP contribution in [0, 0.1) is 0 Å². The number of hydrogen-bond acceptors (Lipinski definition) is 2. The van der Waals surface area contributed by atoms with Crippen LogP contribution < -0.4 is 0 Å².